The number of hydrogen-bond donors (Lipinski definition) is 1. The first-order valence-corrected chi connectivity index (χ1v) is 1.93. The SMILES string of the molecule is CC=NCC(=O)O. The van der Waals surface area contributed by atoms with Crippen molar-refractivity contribution < 1.29 is 9.90 Å². The van der Waals surface area contributed by atoms with E-state index >= 15 is 0 Å². The summed E-state index contributed by atoms with van der Waals surface area (Å²) in [6.45, 7) is 1.57. The minimum absolute atomic E-state index is 0.115. The highest BCUT2D eigenvalue weighted by Gasteiger charge is 1.86. The van der Waals surface area contributed by atoms with E-state index < -0.39 is 5.97 Å². The number of carbonyl (C=O) groups is 1. The Labute approximate surface area is 41.7 Å². The van der Waals surface area contributed by atoms with Crippen molar-refractivity contribution in [1.29, 1.82) is 0 Å². The summed E-state index contributed by atoms with van der Waals surface area (Å²) < 4.78 is 0. The van der Waals surface area contributed by atoms with Crippen LogP contribution in [0.2, 0.25) is 0 Å². The first-order chi connectivity index (χ1) is 3.27. The molecule has 0 heterocycles. The van der Waals surface area contributed by atoms with E-state index in [9.17, 15) is 4.79 Å². The number of nitrogens with zero attached hydrogens (tertiary/aromatic N) is 1. The van der Waals surface area contributed by atoms with E-state index in [4.69, 9.17) is 5.11 Å². The average Bonchev–Trinajstić information content (AvgIpc) is 1.61. The lowest BCUT2D eigenvalue weighted by molar-refractivity contribution is -0.135. The third kappa shape index (κ3) is 5.14. The Morgan fingerprint density at radius 2 is 2.57 bits per heavy atom. The average molecular weight is 101 g/mol. The second-order valence-electron chi connectivity index (χ2n) is 0.993. The topological polar surface area (TPSA) is 49.7 Å². The lowest BCUT2D eigenvalue weighted by Gasteiger charge is -1.78. The van der Waals surface area contributed by atoms with E-state index in [1.807, 2.05) is 0 Å². The Morgan fingerprint density at radius 3 is 2.71 bits per heavy atom. The van der Waals surface area contributed by atoms with Crippen molar-refractivity contribution in [1.82, 2.24) is 0 Å². The third-order valence-electron chi connectivity index (χ3n) is 0.409. The maximum absolute atomic E-state index is 9.64. The van der Waals surface area contributed by atoms with Gasteiger partial charge in [0.15, 0.2) is 0 Å². The van der Waals surface area contributed by atoms with Crippen molar-refractivity contribution in [2.45, 2.75) is 6.92 Å². The summed E-state index contributed by atoms with van der Waals surface area (Å²) in [6, 6.07) is 0. The Morgan fingerprint density at radius 1 is 2.00 bits per heavy atom. The normalized spacial score (nSPS) is 9.86. The molecule has 0 rings (SSSR count). The van der Waals surface area contributed by atoms with Crippen LogP contribution in [0.3, 0.4) is 0 Å². The molecule has 0 aromatic carbocycles. The van der Waals surface area contributed by atoms with Crippen LogP contribution < -0.4 is 0 Å². The fourth-order valence-electron chi connectivity index (χ4n) is 0.169. The molecule has 0 aromatic rings. The quantitative estimate of drug-likeness (QED) is 0.504. The van der Waals surface area contributed by atoms with Crippen LogP contribution in [-0.4, -0.2) is 23.8 Å². The van der Waals surface area contributed by atoms with Gasteiger partial charge in [-0.05, 0) is 13.1 Å². The molecule has 0 aliphatic heterocycles. The number of rotatable bonds is 2. The van der Waals surface area contributed by atoms with Crippen LogP contribution in [0.1, 0.15) is 6.92 Å². The van der Waals surface area contributed by atoms with E-state index in [0.717, 1.165) is 0 Å². The summed E-state index contributed by atoms with van der Waals surface area (Å²) in [5.41, 5.74) is 0. The molecule has 1 N–H and O–H groups in total. The molecule has 3 heteroatoms. The van der Waals surface area contributed by atoms with Gasteiger partial charge < -0.3 is 5.11 Å². The van der Waals surface area contributed by atoms with Gasteiger partial charge in [0.1, 0.15) is 6.54 Å². The van der Waals surface area contributed by atoms with Crippen LogP contribution in [-0.2, 0) is 4.79 Å². The van der Waals surface area contributed by atoms with Crippen molar-refractivity contribution in [2.75, 3.05) is 6.54 Å². The van der Waals surface area contributed by atoms with Crippen LogP contribution in [0.5, 0.6) is 0 Å². The van der Waals surface area contributed by atoms with E-state index in [1.54, 1.807) is 6.92 Å². The van der Waals surface area contributed by atoms with Crippen LogP contribution in [0.25, 0.3) is 0 Å². The van der Waals surface area contributed by atoms with Gasteiger partial charge in [-0.25, -0.2) is 0 Å². The van der Waals surface area contributed by atoms with Crippen LogP contribution >= 0.6 is 0 Å². The molecule has 0 spiro atoms. The van der Waals surface area contributed by atoms with Crippen molar-refractivity contribution in [3.05, 3.63) is 0 Å². The number of hydrogen-bond acceptors (Lipinski definition) is 2. The fraction of sp³-hybridized carbons (Fsp3) is 0.500. The molecule has 0 radical (unpaired) electrons. The molecule has 0 amide bonds. The maximum atomic E-state index is 9.64. The van der Waals surface area contributed by atoms with Gasteiger partial charge in [0.25, 0.3) is 0 Å². The first kappa shape index (κ1) is 6.14. The highest BCUT2D eigenvalue weighted by molar-refractivity contribution is 5.71. The summed E-state index contributed by atoms with van der Waals surface area (Å²) in [7, 11) is 0. The van der Waals surface area contributed by atoms with E-state index in [2.05, 4.69) is 4.99 Å². The smallest absolute Gasteiger partial charge is 0.325 e. The molecule has 0 aromatic heterocycles. The largest absolute Gasteiger partial charge is 0.480 e. The van der Waals surface area contributed by atoms with E-state index in [-0.39, 0.29) is 6.54 Å². The maximum Gasteiger partial charge on any atom is 0.325 e. The first-order valence-electron chi connectivity index (χ1n) is 1.93. The molecule has 7 heavy (non-hydrogen) atoms. The van der Waals surface area contributed by atoms with Crippen molar-refractivity contribution >= 4 is 12.2 Å². The van der Waals surface area contributed by atoms with E-state index in [0.29, 0.717) is 0 Å². The lowest BCUT2D eigenvalue weighted by Crippen LogP contribution is -1.98. The monoisotopic (exact) mass is 101 g/mol. The predicted octanol–water partition coefficient (Wildman–Crippen LogP) is 0.162. The molecule has 0 aliphatic rings. The van der Waals surface area contributed by atoms with Crippen LogP contribution in [0.4, 0.5) is 0 Å². The number of aliphatic carboxylic acids is 1. The van der Waals surface area contributed by atoms with Gasteiger partial charge in [-0.2, -0.15) is 0 Å². The van der Waals surface area contributed by atoms with Gasteiger partial charge in [0.2, 0.25) is 0 Å². The second-order valence-corrected chi connectivity index (χ2v) is 0.993. The lowest BCUT2D eigenvalue weighted by atomic mass is 10.7. The minimum atomic E-state index is -0.891. The molecule has 0 bridgehead atoms. The highest BCUT2D eigenvalue weighted by atomic mass is 16.4. The molecule has 40 valence electrons. The predicted molar refractivity (Wildman–Crippen MR) is 26.7 cm³/mol. The second kappa shape index (κ2) is 3.33. The minimum Gasteiger partial charge on any atom is -0.480 e. The van der Waals surface area contributed by atoms with Gasteiger partial charge in [-0.1, -0.05) is 0 Å². The standard InChI is InChI=1S/C4H7NO2/c1-2-5-3-4(6)7/h2H,3H2,1H3,(H,6,7). The molecular weight excluding hydrogens is 94.0 g/mol. The van der Waals surface area contributed by atoms with Crippen LogP contribution in [0, 0.1) is 0 Å². The van der Waals surface area contributed by atoms with Crippen molar-refractivity contribution in [3.63, 3.8) is 0 Å². The van der Waals surface area contributed by atoms with Crippen molar-refractivity contribution in [3.8, 4) is 0 Å². The molecule has 0 unspecified atom stereocenters. The molecule has 0 atom stereocenters. The number of carboxylic acid groups (broad SMARTS) is 1. The molecule has 0 saturated carbocycles. The summed E-state index contributed by atoms with van der Waals surface area (Å²) in [6.07, 6.45) is 1.47. The Hall–Kier alpha value is -0.860. The van der Waals surface area contributed by atoms with Gasteiger partial charge in [-0.3, -0.25) is 9.79 Å². The highest BCUT2D eigenvalue weighted by Crippen LogP contribution is 1.64. The van der Waals surface area contributed by atoms with Crippen molar-refractivity contribution in [2.24, 2.45) is 4.99 Å². The number of aliphatic imine (C=N–C) groups is 1. The zero-order valence-corrected chi connectivity index (χ0v) is 4.09. The van der Waals surface area contributed by atoms with Crippen LogP contribution in [0.15, 0.2) is 4.99 Å². The van der Waals surface area contributed by atoms with Gasteiger partial charge in [0, 0.05) is 0 Å². The summed E-state index contributed by atoms with van der Waals surface area (Å²) in [4.78, 5) is 13.1. The fourth-order valence-corrected chi connectivity index (χ4v) is 0.169. The summed E-state index contributed by atoms with van der Waals surface area (Å²) >= 11 is 0. The zero-order chi connectivity index (χ0) is 5.70. The molecule has 0 fully saturated rings. The van der Waals surface area contributed by atoms with Gasteiger partial charge in [-0.15, -0.1) is 0 Å². The van der Waals surface area contributed by atoms with Gasteiger partial charge in [0.05, 0.1) is 0 Å². The zero-order valence-electron chi connectivity index (χ0n) is 4.09. The summed E-state index contributed by atoms with van der Waals surface area (Å²) in [5.74, 6) is -0.891. The van der Waals surface area contributed by atoms with Gasteiger partial charge >= 0.3 is 5.97 Å². The summed E-state index contributed by atoms with van der Waals surface area (Å²) in [5, 5.41) is 7.93. The molecule has 3 nitrogen and oxygen atoms in total. The molecular formula is C4H7NO2. The Bertz CT molecular complexity index is 87.7. The molecule has 0 saturated heterocycles. The Kier molecular flexibility index (Phi) is 2.92. The number of carboxylic acids is 1. The van der Waals surface area contributed by atoms with E-state index in [1.165, 1.54) is 6.21 Å². The third-order valence-corrected chi connectivity index (χ3v) is 0.409. The Balaban J connectivity index is 3.14. The molecule has 0 aliphatic carbocycles.